The molecular formula is C25H25ClFN5O2. The Labute approximate surface area is 201 Å². The highest BCUT2D eigenvalue weighted by molar-refractivity contribution is 6.32. The molecule has 0 spiro atoms. The molecule has 1 atom stereocenters. The van der Waals surface area contributed by atoms with E-state index < -0.39 is 11.4 Å². The van der Waals surface area contributed by atoms with Gasteiger partial charge in [-0.3, -0.25) is 5.10 Å². The number of piperidine rings is 1. The molecule has 1 fully saturated rings. The van der Waals surface area contributed by atoms with E-state index in [0.717, 1.165) is 48.0 Å². The van der Waals surface area contributed by atoms with E-state index in [4.69, 9.17) is 16.1 Å². The van der Waals surface area contributed by atoms with Crippen LogP contribution in [0.4, 0.5) is 4.39 Å². The first-order chi connectivity index (χ1) is 16.2. The molecule has 176 valence electrons. The van der Waals surface area contributed by atoms with E-state index in [1.165, 1.54) is 13.0 Å². The first-order valence-corrected chi connectivity index (χ1v) is 11.5. The van der Waals surface area contributed by atoms with Crippen molar-refractivity contribution in [3.05, 3.63) is 58.6 Å². The fourth-order valence-corrected chi connectivity index (χ4v) is 4.66. The summed E-state index contributed by atoms with van der Waals surface area (Å²) in [6, 6.07) is 5.09. The van der Waals surface area contributed by atoms with Crippen LogP contribution in [0.3, 0.4) is 0 Å². The third-order valence-corrected chi connectivity index (χ3v) is 6.74. The molecule has 9 heteroatoms. The molecule has 0 radical (unpaired) electrons. The molecule has 0 aliphatic carbocycles. The molecule has 4 aromatic rings. The molecule has 2 N–H and O–H groups in total. The number of halogens is 2. The number of hydrogen-bond donors (Lipinski definition) is 2. The Morgan fingerprint density at radius 1 is 1.26 bits per heavy atom. The van der Waals surface area contributed by atoms with Crippen LogP contribution in [0.15, 0.2) is 35.1 Å². The lowest BCUT2D eigenvalue weighted by atomic mass is 10.0. The van der Waals surface area contributed by atoms with Gasteiger partial charge in [-0.15, -0.1) is 0 Å². The molecule has 1 aliphatic rings. The zero-order valence-electron chi connectivity index (χ0n) is 19.2. The van der Waals surface area contributed by atoms with Crippen LogP contribution in [0.1, 0.15) is 42.8 Å². The van der Waals surface area contributed by atoms with Crippen LogP contribution >= 0.6 is 11.6 Å². The van der Waals surface area contributed by atoms with Crippen molar-refractivity contribution >= 4 is 22.5 Å². The van der Waals surface area contributed by atoms with Crippen LogP contribution in [0.5, 0.6) is 0 Å². The first-order valence-electron chi connectivity index (χ1n) is 11.1. The predicted molar refractivity (Wildman–Crippen MR) is 128 cm³/mol. The highest BCUT2D eigenvalue weighted by Crippen LogP contribution is 2.38. The molecular weight excluding hydrogens is 457 g/mol. The normalized spacial score (nSPS) is 17.0. The van der Waals surface area contributed by atoms with Gasteiger partial charge in [0.25, 0.3) is 0 Å². The van der Waals surface area contributed by atoms with E-state index in [0.29, 0.717) is 10.9 Å². The summed E-state index contributed by atoms with van der Waals surface area (Å²) in [5, 5.41) is 22.6. The molecule has 0 bridgehead atoms. The summed E-state index contributed by atoms with van der Waals surface area (Å²) in [7, 11) is 2.11. The van der Waals surface area contributed by atoms with Crippen LogP contribution in [0.2, 0.25) is 5.15 Å². The third kappa shape index (κ3) is 4.11. The summed E-state index contributed by atoms with van der Waals surface area (Å²) in [5.74, 6) is 5.65. The van der Waals surface area contributed by atoms with E-state index in [-0.39, 0.29) is 17.3 Å². The maximum atomic E-state index is 15.3. The van der Waals surface area contributed by atoms with Gasteiger partial charge in [0, 0.05) is 34.8 Å². The quantitative estimate of drug-likeness (QED) is 0.416. The van der Waals surface area contributed by atoms with Gasteiger partial charge in [-0.2, -0.15) is 5.10 Å². The Morgan fingerprint density at radius 2 is 2.03 bits per heavy atom. The van der Waals surface area contributed by atoms with Crippen molar-refractivity contribution in [2.45, 2.75) is 38.3 Å². The second-order valence-electron chi connectivity index (χ2n) is 9.08. The number of nitrogens with zero attached hydrogens (tertiary/aromatic N) is 4. The zero-order valence-corrected chi connectivity index (χ0v) is 19.9. The maximum absolute atomic E-state index is 15.3. The third-order valence-electron chi connectivity index (χ3n) is 6.45. The predicted octanol–water partition coefficient (Wildman–Crippen LogP) is 4.65. The summed E-state index contributed by atoms with van der Waals surface area (Å²) in [6.07, 6.45) is 5.65. The SMILES string of the molecule is Cc1cc(C(C)(O)C#Cc2cc3c(-c4cn[nH]c4Cl)cn(C4CCN(C)CC4)c3cc2F)no1. The lowest BCUT2D eigenvalue weighted by molar-refractivity contribution is 0.112. The number of aliphatic hydroxyl groups is 1. The summed E-state index contributed by atoms with van der Waals surface area (Å²) in [6.45, 7) is 5.19. The fraction of sp³-hybridized carbons (Fsp3) is 0.360. The van der Waals surface area contributed by atoms with Crippen LogP contribution < -0.4 is 0 Å². The van der Waals surface area contributed by atoms with Crippen molar-refractivity contribution in [3.63, 3.8) is 0 Å². The van der Waals surface area contributed by atoms with Crippen molar-refractivity contribution in [2.75, 3.05) is 20.1 Å². The highest BCUT2D eigenvalue weighted by atomic mass is 35.5. The number of likely N-dealkylation sites (tertiary alicyclic amines) is 1. The number of benzene rings is 1. The molecule has 3 aromatic heterocycles. The number of rotatable bonds is 3. The largest absolute Gasteiger partial charge is 0.372 e. The standard InChI is InChI=1S/C25H25ClFN5O2/c1-15-10-23(30-34-15)25(2,33)7-4-16-11-18-20(19-13-28-29-24(19)26)14-32(22(18)12-21(16)27)17-5-8-31(3)9-6-17/h10-14,17,33H,5-6,8-9H2,1-3H3,(H,28,29). The first kappa shape index (κ1) is 22.7. The maximum Gasteiger partial charge on any atom is 0.168 e. The van der Waals surface area contributed by atoms with Gasteiger partial charge in [0.1, 0.15) is 22.4 Å². The van der Waals surface area contributed by atoms with E-state index in [9.17, 15) is 5.11 Å². The van der Waals surface area contributed by atoms with Crippen molar-refractivity contribution in [3.8, 4) is 23.0 Å². The van der Waals surface area contributed by atoms with Crippen molar-refractivity contribution in [1.82, 2.24) is 24.8 Å². The molecule has 1 aromatic carbocycles. The van der Waals surface area contributed by atoms with Crippen LogP contribution in [-0.2, 0) is 5.60 Å². The van der Waals surface area contributed by atoms with Crippen molar-refractivity contribution in [1.29, 1.82) is 0 Å². The Morgan fingerprint density at radius 3 is 2.68 bits per heavy atom. The lowest BCUT2D eigenvalue weighted by Crippen LogP contribution is -2.31. The summed E-state index contributed by atoms with van der Waals surface area (Å²) < 4.78 is 22.4. The van der Waals surface area contributed by atoms with E-state index in [1.54, 1.807) is 25.3 Å². The Hall–Kier alpha value is -3.12. The van der Waals surface area contributed by atoms with Gasteiger partial charge in [0.15, 0.2) is 5.60 Å². The molecule has 1 aliphatic heterocycles. The number of fused-ring (bicyclic) bond motifs is 1. The summed E-state index contributed by atoms with van der Waals surface area (Å²) >= 11 is 6.37. The second-order valence-corrected chi connectivity index (χ2v) is 9.45. The van der Waals surface area contributed by atoms with Gasteiger partial charge in [0.05, 0.1) is 17.3 Å². The van der Waals surface area contributed by atoms with Gasteiger partial charge in [-0.25, -0.2) is 4.39 Å². The smallest absolute Gasteiger partial charge is 0.168 e. The molecule has 0 saturated carbocycles. The summed E-state index contributed by atoms with van der Waals surface area (Å²) in [4.78, 5) is 2.30. The number of aromatic amines is 1. The number of H-pyrrole nitrogens is 1. The zero-order chi connectivity index (χ0) is 24.0. The molecule has 4 heterocycles. The van der Waals surface area contributed by atoms with E-state index in [2.05, 4.69) is 43.7 Å². The number of nitrogens with one attached hydrogen (secondary N) is 1. The second kappa shape index (κ2) is 8.58. The van der Waals surface area contributed by atoms with Gasteiger partial charge in [-0.1, -0.05) is 28.6 Å². The van der Waals surface area contributed by atoms with Crippen LogP contribution in [0, 0.1) is 24.6 Å². The Balaban J connectivity index is 1.62. The van der Waals surface area contributed by atoms with Crippen molar-refractivity contribution in [2.24, 2.45) is 0 Å². The van der Waals surface area contributed by atoms with Gasteiger partial charge >= 0.3 is 0 Å². The minimum absolute atomic E-state index is 0.176. The molecule has 7 nitrogen and oxygen atoms in total. The topological polar surface area (TPSA) is 83.1 Å². The van der Waals surface area contributed by atoms with Gasteiger partial charge in [-0.05, 0) is 59.0 Å². The van der Waals surface area contributed by atoms with Crippen LogP contribution in [0.25, 0.3) is 22.0 Å². The minimum Gasteiger partial charge on any atom is -0.372 e. The molecule has 1 saturated heterocycles. The molecule has 1 unspecified atom stereocenters. The van der Waals surface area contributed by atoms with Gasteiger partial charge < -0.3 is 19.1 Å². The van der Waals surface area contributed by atoms with Crippen LogP contribution in [-0.4, -0.2) is 50.1 Å². The van der Waals surface area contributed by atoms with E-state index >= 15 is 4.39 Å². The van der Waals surface area contributed by atoms with E-state index in [1.807, 2.05) is 6.20 Å². The Kier molecular flexibility index (Phi) is 5.72. The minimum atomic E-state index is -1.59. The number of aryl methyl sites for hydroxylation is 1. The number of hydrogen-bond acceptors (Lipinski definition) is 5. The van der Waals surface area contributed by atoms with Gasteiger partial charge in [0.2, 0.25) is 0 Å². The average Bonchev–Trinajstić information content (AvgIpc) is 3.51. The fourth-order valence-electron chi connectivity index (χ4n) is 4.46. The summed E-state index contributed by atoms with van der Waals surface area (Å²) in [5.41, 5.74) is 1.25. The van der Waals surface area contributed by atoms with Crippen molar-refractivity contribution < 1.29 is 14.0 Å². The molecule has 5 rings (SSSR count). The molecule has 0 amide bonds. The highest BCUT2D eigenvalue weighted by Gasteiger charge is 2.26. The lowest BCUT2D eigenvalue weighted by Gasteiger charge is -2.30. The Bertz CT molecular complexity index is 1420. The number of aromatic nitrogens is 4. The monoisotopic (exact) mass is 481 g/mol. The molecule has 34 heavy (non-hydrogen) atoms. The average molecular weight is 482 g/mol.